The molecule has 122 valence electrons. The first-order valence-electron chi connectivity index (χ1n) is 8.41. The molecule has 0 aliphatic carbocycles. The van der Waals surface area contributed by atoms with Crippen molar-refractivity contribution in [2.75, 3.05) is 32.8 Å². The third kappa shape index (κ3) is 5.02. The fraction of sp³-hybridized carbons (Fsp3) is 0.611. The molecule has 22 heavy (non-hydrogen) atoms. The summed E-state index contributed by atoms with van der Waals surface area (Å²) in [5.74, 6) is 1.26. The van der Waals surface area contributed by atoms with Crippen LogP contribution in [0.5, 0.6) is 5.75 Å². The second-order valence-corrected chi connectivity index (χ2v) is 5.87. The third-order valence-electron chi connectivity index (χ3n) is 4.09. The highest BCUT2D eigenvalue weighted by atomic mass is 16.5. The van der Waals surface area contributed by atoms with Gasteiger partial charge in [-0.2, -0.15) is 0 Å². The zero-order valence-electron chi connectivity index (χ0n) is 13.9. The molecule has 0 radical (unpaired) electrons. The fourth-order valence-electron chi connectivity index (χ4n) is 2.88. The highest BCUT2D eigenvalue weighted by molar-refractivity contribution is 5.76. The number of hydrogen-bond donors (Lipinski definition) is 1. The summed E-state index contributed by atoms with van der Waals surface area (Å²) in [5.41, 5.74) is 2.45. The van der Waals surface area contributed by atoms with Crippen LogP contribution >= 0.6 is 0 Å². The van der Waals surface area contributed by atoms with Crippen LogP contribution in [0.3, 0.4) is 0 Å². The Morgan fingerprint density at radius 3 is 2.95 bits per heavy atom. The highest BCUT2D eigenvalue weighted by Gasteiger charge is 2.14. The van der Waals surface area contributed by atoms with Gasteiger partial charge >= 0.3 is 0 Å². The molecule has 0 saturated carbocycles. The van der Waals surface area contributed by atoms with Crippen LogP contribution in [-0.4, -0.2) is 43.6 Å². The van der Waals surface area contributed by atoms with Crippen molar-refractivity contribution >= 4 is 5.91 Å². The molecule has 0 spiro atoms. The lowest BCUT2D eigenvalue weighted by molar-refractivity contribution is -0.131. The van der Waals surface area contributed by atoms with Gasteiger partial charge in [0.2, 0.25) is 5.91 Å². The van der Waals surface area contributed by atoms with Gasteiger partial charge in [0.1, 0.15) is 5.75 Å². The van der Waals surface area contributed by atoms with Crippen LogP contribution in [0.2, 0.25) is 0 Å². The molecular weight excluding hydrogens is 276 g/mol. The summed E-state index contributed by atoms with van der Waals surface area (Å²) in [6.07, 6.45) is 3.57. The summed E-state index contributed by atoms with van der Waals surface area (Å²) in [6.45, 7) is 8.45. The second kappa shape index (κ2) is 8.79. The predicted molar refractivity (Wildman–Crippen MR) is 89.4 cm³/mol. The molecule has 1 saturated heterocycles. The molecule has 1 fully saturated rings. The molecule has 0 aromatic heterocycles. The zero-order valence-corrected chi connectivity index (χ0v) is 13.9. The van der Waals surface area contributed by atoms with Gasteiger partial charge in [-0.3, -0.25) is 4.79 Å². The van der Waals surface area contributed by atoms with Crippen LogP contribution in [-0.2, 0) is 11.2 Å². The lowest BCUT2D eigenvalue weighted by Gasteiger charge is -2.19. The van der Waals surface area contributed by atoms with Crippen LogP contribution in [0.1, 0.15) is 37.3 Å². The maximum atomic E-state index is 12.2. The maximum Gasteiger partial charge on any atom is 0.222 e. The molecule has 1 aromatic carbocycles. The smallest absolute Gasteiger partial charge is 0.222 e. The van der Waals surface area contributed by atoms with Crippen LogP contribution in [0.4, 0.5) is 0 Å². The Hall–Kier alpha value is -1.55. The Balaban J connectivity index is 1.78. The van der Waals surface area contributed by atoms with Crippen molar-refractivity contribution in [3.8, 4) is 5.75 Å². The van der Waals surface area contributed by atoms with Gasteiger partial charge in [0.15, 0.2) is 0 Å². The zero-order chi connectivity index (χ0) is 15.8. The average molecular weight is 304 g/mol. The third-order valence-corrected chi connectivity index (χ3v) is 4.09. The Labute approximate surface area is 133 Å². The highest BCUT2D eigenvalue weighted by Crippen LogP contribution is 2.20. The SMILES string of the molecule is CCOc1ccc(CCCC(=O)N2CCCNCC2)cc1C. The quantitative estimate of drug-likeness (QED) is 0.878. The van der Waals surface area contributed by atoms with E-state index in [1.165, 1.54) is 11.1 Å². The van der Waals surface area contributed by atoms with E-state index in [1.807, 2.05) is 17.9 Å². The van der Waals surface area contributed by atoms with E-state index in [4.69, 9.17) is 4.74 Å². The number of hydrogen-bond acceptors (Lipinski definition) is 3. The van der Waals surface area contributed by atoms with E-state index in [2.05, 4.69) is 24.4 Å². The monoisotopic (exact) mass is 304 g/mol. The van der Waals surface area contributed by atoms with Gasteiger partial charge in [0.05, 0.1) is 6.61 Å². The number of benzene rings is 1. The van der Waals surface area contributed by atoms with Gasteiger partial charge in [0.25, 0.3) is 0 Å². The molecule has 4 nitrogen and oxygen atoms in total. The number of rotatable bonds is 6. The minimum Gasteiger partial charge on any atom is -0.494 e. The molecule has 0 bridgehead atoms. The molecular formula is C18H28N2O2. The Morgan fingerprint density at radius 2 is 2.18 bits per heavy atom. The molecule has 1 aliphatic heterocycles. The van der Waals surface area contributed by atoms with Gasteiger partial charge in [-0.25, -0.2) is 0 Å². The van der Waals surface area contributed by atoms with E-state index in [9.17, 15) is 4.79 Å². The van der Waals surface area contributed by atoms with E-state index < -0.39 is 0 Å². The summed E-state index contributed by atoms with van der Waals surface area (Å²) in [7, 11) is 0. The van der Waals surface area contributed by atoms with Crippen molar-refractivity contribution in [2.45, 2.75) is 39.5 Å². The van der Waals surface area contributed by atoms with Gasteiger partial charge in [-0.05, 0) is 56.8 Å². The number of ether oxygens (including phenoxy) is 1. The molecule has 1 aromatic rings. The summed E-state index contributed by atoms with van der Waals surface area (Å²) in [4.78, 5) is 14.2. The number of amides is 1. The summed E-state index contributed by atoms with van der Waals surface area (Å²) >= 11 is 0. The van der Waals surface area contributed by atoms with Gasteiger partial charge in [-0.1, -0.05) is 12.1 Å². The second-order valence-electron chi connectivity index (χ2n) is 5.87. The topological polar surface area (TPSA) is 41.6 Å². The summed E-state index contributed by atoms with van der Waals surface area (Å²) in [5, 5.41) is 3.33. The van der Waals surface area contributed by atoms with E-state index in [1.54, 1.807) is 0 Å². The number of carbonyl (C=O) groups excluding carboxylic acids is 1. The number of aryl methyl sites for hydroxylation is 2. The van der Waals surface area contributed by atoms with Gasteiger partial charge < -0.3 is 15.0 Å². The lowest BCUT2D eigenvalue weighted by atomic mass is 10.0. The molecule has 0 atom stereocenters. The van der Waals surface area contributed by atoms with Crippen molar-refractivity contribution in [1.29, 1.82) is 0 Å². The molecule has 1 N–H and O–H groups in total. The summed E-state index contributed by atoms with van der Waals surface area (Å²) < 4.78 is 5.56. The largest absolute Gasteiger partial charge is 0.494 e. The molecule has 4 heteroatoms. The first-order valence-corrected chi connectivity index (χ1v) is 8.41. The molecule has 1 aliphatic rings. The standard InChI is InChI=1S/C18H28N2O2/c1-3-22-17-9-8-16(14-15(17)2)6-4-7-18(21)20-12-5-10-19-11-13-20/h8-9,14,19H,3-7,10-13H2,1-2H3. The van der Waals surface area contributed by atoms with Crippen molar-refractivity contribution in [3.63, 3.8) is 0 Å². The number of nitrogens with one attached hydrogen (secondary N) is 1. The molecule has 1 amide bonds. The molecule has 0 unspecified atom stereocenters. The minimum atomic E-state index is 0.298. The molecule has 1 heterocycles. The first-order chi connectivity index (χ1) is 10.7. The number of carbonyl (C=O) groups is 1. The van der Waals surface area contributed by atoms with Crippen molar-refractivity contribution < 1.29 is 9.53 Å². The Kier molecular flexibility index (Phi) is 6.72. The van der Waals surface area contributed by atoms with Crippen LogP contribution in [0.25, 0.3) is 0 Å². The predicted octanol–water partition coefficient (Wildman–Crippen LogP) is 2.54. The summed E-state index contributed by atoms with van der Waals surface area (Å²) in [6, 6.07) is 6.32. The first kappa shape index (κ1) is 16.8. The maximum absolute atomic E-state index is 12.2. The van der Waals surface area contributed by atoms with Crippen LogP contribution in [0.15, 0.2) is 18.2 Å². The average Bonchev–Trinajstić information content (AvgIpc) is 2.79. The van der Waals surface area contributed by atoms with Crippen molar-refractivity contribution in [3.05, 3.63) is 29.3 Å². The number of nitrogens with zero attached hydrogens (tertiary/aromatic N) is 1. The Bertz CT molecular complexity index is 480. The van der Waals surface area contributed by atoms with E-state index >= 15 is 0 Å². The minimum absolute atomic E-state index is 0.298. The Morgan fingerprint density at radius 1 is 1.32 bits per heavy atom. The normalized spacial score (nSPS) is 15.5. The van der Waals surface area contributed by atoms with E-state index in [0.717, 1.165) is 51.2 Å². The van der Waals surface area contributed by atoms with Crippen LogP contribution < -0.4 is 10.1 Å². The van der Waals surface area contributed by atoms with E-state index in [-0.39, 0.29) is 0 Å². The van der Waals surface area contributed by atoms with Gasteiger partial charge in [0, 0.05) is 26.1 Å². The molecule has 2 rings (SSSR count). The fourth-order valence-corrected chi connectivity index (χ4v) is 2.88. The van der Waals surface area contributed by atoms with Gasteiger partial charge in [-0.15, -0.1) is 0 Å². The van der Waals surface area contributed by atoms with Crippen molar-refractivity contribution in [1.82, 2.24) is 10.2 Å². The van der Waals surface area contributed by atoms with Crippen molar-refractivity contribution in [2.24, 2.45) is 0 Å². The lowest BCUT2D eigenvalue weighted by Crippen LogP contribution is -2.34. The van der Waals surface area contributed by atoms with Crippen LogP contribution in [0, 0.1) is 6.92 Å². The van der Waals surface area contributed by atoms with E-state index in [0.29, 0.717) is 18.9 Å².